The quantitative estimate of drug-likeness (QED) is 0.177. The van der Waals surface area contributed by atoms with Gasteiger partial charge in [0, 0.05) is 11.6 Å². The van der Waals surface area contributed by atoms with E-state index >= 15 is 8.78 Å². The Morgan fingerprint density at radius 1 is 1.03 bits per heavy atom. The molecule has 1 aliphatic rings. The molecule has 3 aromatic carbocycles. The predicted molar refractivity (Wildman–Crippen MR) is 140 cm³/mol. The van der Waals surface area contributed by atoms with Crippen molar-refractivity contribution in [1.29, 1.82) is 0 Å². The van der Waals surface area contributed by atoms with Gasteiger partial charge >= 0.3 is 5.97 Å². The molecule has 200 valence electrons. The van der Waals surface area contributed by atoms with Crippen molar-refractivity contribution in [3.8, 4) is 16.9 Å². The average Bonchev–Trinajstić information content (AvgIpc) is 2.91. The van der Waals surface area contributed by atoms with Gasteiger partial charge in [0.25, 0.3) is 0 Å². The Morgan fingerprint density at radius 2 is 1.74 bits per heavy atom. The van der Waals surface area contributed by atoms with Crippen molar-refractivity contribution >= 4 is 5.97 Å². The molecule has 0 bridgehead atoms. The van der Waals surface area contributed by atoms with Gasteiger partial charge in [-0.25, -0.2) is 18.0 Å². The zero-order valence-electron chi connectivity index (χ0n) is 21.3. The maximum absolute atomic E-state index is 15.1. The maximum atomic E-state index is 15.1. The van der Waals surface area contributed by atoms with E-state index in [9.17, 15) is 14.3 Å². The van der Waals surface area contributed by atoms with Crippen LogP contribution < -0.4 is 4.74 Å². The molecule has 4 rings (SSSR count). The second kappa shape index (κ2) is 12.3. The third kappa shape index (κ3) is 6.27. The second-order valence-electron chi connectivity index (χ2n) is 9.57. The molecule has 0 saturated heterocycles. The molecule has 1 unspecified atom stereocenters. The van der Waals surface area contributed by atoms with Crippen LogP contribution in [0.15, 0.2) is 67.3 Å². The van der Waals surface area contributed by atoms with Gasteiger partial charge in [0.05, 0.1) is 18.3 Å². The highest BCUT2D eigenvalue weighted by atomic mass is 19.2. The number of benzene rings is 3. The van der Waals surface area contributed by atoms with E-state index in [-0.39, 0.29) is 17.0 Å². The number of ether oxygens (including phenoxy) is 2. The van der Waals surface area contributed by atoms with E-state index in [4.69, 9.17) is 9.47 Å². The van der Waals surface area contributed by atoms with Crippen LogP contribution in [0.4, 0.5) is 13.2 Å². The molecule has 0 heterocycles. The van der Waals surface area contributed by atoms with E-state index in [1.807, 2.05) is 0 Å². The third-order valence-corrected chi connectivity index (χ3v) is 6.96. The monoisotopic (exact) mass is 524 g/mol. The fraction of sp³-hybridized carbons (Fsp3) is 0.323. The Hall–Kier alpha value is -3.58. The van der Waals surface area contributed by atoms with E-state index in [1.165, 1.54) is 12.1 Å². The summed E-state index contributed by atoms with van der Waals surface area (Å²) in [5.74, 6) is -3.16. The summed E-state index contributed by atoms with van der Waals surface area (Å²) in [5.41, 5.74) is 1.50. The third-order valence-electron chi connectivity index (χ3n) is 6.96. The summed E-state index contributed by atoms with van der Waals surface area (Å²) >= 11 is 0. The Morgan fingerprint density at radius 3 is 2.37 bits per heavy atom. The van der Waals surface area contributed by atoms with Crippen LogP contribution >= 0.6 is 0 Å². The summed E-state index contributed by atoms with van der Waals surface area (Å²) in [6, 6.07) is 13.9. The van der Waals surface area contributed by atoms with Crippen LogP contribution in [0.2, 0.25) is 0 Å². The van der Waals surface area contributed by atoms with Crippen LogP contribution in [-0.2, 0) is 4.74 Å². The van der Waals surface area contributed by atoms with Crippen LogP contribution in [0.3, 0.4) is 0 Å². The number of rotatable bonds is 9. The van der Waals surface area contributed by atoms with E-state index in [0.29, 0.717) is 61.2 Å². The molecule has 0 amide bonds. The molecule has 7 heteroatoms. The minimum atomic E-state index is -0.909. The summed E-state index contributed by atoms with van der Waals surface area (Å²) < 4.78 is 55.5. The number of hydrogen-bond donors (Lipinski definition) is 1. The van der Waals surface area contributed by atoms with Gasteiger partial charge in [-0.05, 0) is 73.8 Å². The van der Waals surface area contributed by atoms with Crippen molar-refractivity contribution in [3.63, 3.8) is 0 Å². The normalized spacial score (nSPS) is 18.0. The van der Waals surface area contributed by atoms with E-state index in [0.717, 1.165) is 6.07 Å². The largest absolute Gasteiger partial charge is 0.493 e. The Kier molecular flexibility index (Phi) is 8.89. The van der Waals surface area contributed by atoms with Crippen LogP contribution in [0.5, 0.6) is 5.75 Å². The molecule has 1 atom stereocenters. The number of halogens is 3. The lowest BCUT2D eigenvalue weighted by molar-refractivity contribution is 0.0189. The first-order chi connectivity index (χ1) is 18.3. The minimum absolute atomic E-state index is 0.158. The fourth-order valence-electron chi connectivity index (χ4n) is 4.76. The molecule has 4 nitrogen and oxygen atoms in total. The van der Waals surface area contributed by atoms with E-state index < -0.39 is 35.6 Å². The Bertz CT molecular complexity index is 1280. The maximum Gasteiger partial charge on any atom is 0.341 e. The first-order valence-electron chi connectivity index (χ1n) is 12.8. The van der Waals surface area contributed by atoms with Crippen LogP contribution in [0, 0.1) is 17.5 Å². The van der Waals surface area contributed by atoms with Crippen molar-refractivity contribution in [3.05, 3.63) is 101 Å². The molecule has 3 aromatic rings. The smallest absolute Gasteiger partial charge is 0.341 e. The van der Waals surface area contributed by atoms with Gasteiger partial charge in [-0.2, -0.15) is 0 Å². The number of hydrogen-bond acceptors (Lipinski definition) is 4. The average molecular weight is 525 g/mol. The SMILES string of the molecule is C=CCCOc1ccc(C(=O)OC2CCC(c3ccc(-c4ccc(C(C)O)cc4)c(F)c3F)CC2)c(F)c1. The fourth-order valence-corrected chi connectivity index (χ4v) is 4.76. The lowest BCUT2D eigenvalue weighted by Gasteiger charge is -2.29. The number of aliphatic hydroxyl groups excluding tert-OH is 1. The van der Waals surface area contributed by atoms with Crippen molar-refractivity contribution in [2.75, 3.05) is 6.61 Å². The van der Waals surface area contributed by atoms with Crippen LogP contribution in [-0.4, -0.2) is 23.8 Å². The lowest BCUT2D eigenvalue weighted by Crippen LogP contribution is -2.24. The van der Waals surface area contributed by atoms with E-state index in [1.54, 1.807) is 49.4 Å². The highest BCUT2D eigenvalue weighted by molar-refractivity contribution is 5.90. The molecular formula is C31H31F3O4. The number of aliphatic hydroxyl groups is 1. The van der Waals surface area contributed by atoms with Gasteiger partial charge in [-0.15, -0.1) is 6.58 Å². The summed E-state index contributed by atoms with van der Waals surface area (Å²) in [6.45, 7) is 5.59. The first-order valence-corrected chi connectivity index (χ1v) is 12.8. The van der Waals surface area contributed by atoms with Gasteiger partial charge in [-0.3, -0.25) is 0 Å². The van der Waals surface area contributed by atoms with Crippen molar-refractivity contribution in [2.45, 2.75) is 57.2 Å². The van der Waals surface area contributed by atoms with Gasteiger partial charge in [0.1, 0.15) is 17.7 Å². The van der Waals surface area contributed by atoms with E-state index in [2.05, 4.69) is 6.58 Å². The summed E-state index contributed by atoms with van der Waals surface area (Å²) in [6.07, 6.45) is 3.18. The first kappa shape index (κ1) is 27.5. The van der Waals surface area contributed by atoms with Gasteiger partial charge in [0.15, 0.2) is 11.6 Å². The molecule has 1 N–H and O–H groups in total. The molecule has 1 saturated carbocycles. The van der Waals surface area contributed by atoms with Gasteiger partial charge < -0.3 is 14.6 Å². The molecule has 0 spiro atoms. The molecular weight excluding hydrogens is 493 g/mol. The predicted octanol–water partition coefficient (Wildman–Crippen LogP) is 7.66. The molecule has 1 fully saturated rings. The number of carbonyl (C=O) groups excluding carboxylic acids is 1. The molecule has 0 radical (unpaired) electrons. The minimum Gasteiger partial charge on any atom is -0.493 e. The van der Waals surface area contributed by atoms with Crippen molar-refractivity contribution in [2.24, 2.45) is 0 Å². The van der Waals surface area contributed by atoms with Crippen LogP contribution in [0.1, 0.15) is 72.5 Å². The topological polar surface area (TPSA) is 55.8 Å². The summed E-state index contributed by atoms with van der Waals surface area (Å²) in [7, 11) is 0. The second-order valence-corrected chi connectivity index (χ2v) is 9.57. The van der Waals surface area contributed by atoms with Crippen molar-refractivity contribution < 1.29 is 32.5 Å². The lowest BCUT2D eigenvalue weighted by atomic mass is 9.82. The highest BCUT2D eigenvalue weighted by Crippen LogP contribution is 2.38. The standard InChI is InChI=1S/C31H31F3O4/c1-3-4-17-37-24-13-14-27(28(32)18-24)31(36)38-23-11-9-22(10-12-23)26-16-15-25(29(33)30(26)34)21-7-5-20(6-8-21)19(2)35/h3,5-8,13-16,18-19,22-23,35H,1,4,9-12,17H2,2H3. The Labute approximate surface area is 220 Å². The van der Waals surface area contributed by atoms with Crippen molar-refractivity contribution in [1.82, 2.24) is 0 Å². The number of esters is 1. The van der Waals surface area contributed by atoms with Gasteiger partial charge in [-0.1, -0.05) is 42.5 Å². The molecule has 38 heavy (non-hydrogen) atoms. The molecule has 1 aliphatic carbocycles. The molecule has 0 aromatic heterocycles. The molecule has 0 aliphatic heterocycles. The van der Waals surface area contributed by atoms with Gasteiger partial charge in [0.2, 0.25) is 0 Å². The summed E-state index contributed by atoms with van der Waals surface area (Å²) in [5, 5.41) is 9.66. The zero-order chi connectivity index (χ0) is 27.2. The zero-order valence-corrected chi connectivity index (χ0v) is 21.3. The highest BCUT2D eigenvalue weighted by Gasteiger charge is 2.29. The van der Waals surface area contributed by atoms with Crippen LogP contribution in [0.25, 0.3) is 11.1 Å². The summed E-state index contributed by atoms with van der Waals surface area (Å²) in [4.78, 5) is 12.5. The number of carbonyl (C=O) groups is 1. The Balaban J connectivity index is 1.36.